The van der Waals surface area contributed by atoms with E-state index < -0.39 is 5.92 Å². The zero-order valence-corrected chi connectivity index (χ0v) is 19.5. The Labute approximate surface area is 185 Å². The lowest BCUT2D eigenvalue weighted by molar-refractivity contribution is -0.135. The Kier molecular flexibility index (Phi) is 9.22. The molecule has 1 aliphatic carbocycles. The first kappa shape index (κ1) is 25.0. The Morgan fingerprint density at radius 1 is 1.23 bits per heavy atom. The smallest absolute Gasteiger partial charge is 0.233 e. The van der Waals surface area contributed by atoms with Crippen molar-refractivity contribution in [2.45, 2.75) is 58.9 Å². The number of imide groups is 1. The van der Waals surface area contributed by atoms with Gasteiger partial charge in [0.2, 0.25) is 17.7 Å². The molecule has 0 saturated carbocycles. The van der Waals surface area contributed by atoms with Crippen molar-refractivity contribution >= 4 is 17.7 Å². The predicted molar refractivity (Wildman–Crippen MR) is 119 cm³/mol. The average Bonchev–Trinajstić information content (AvgIpc) is 2.90. The van der Waals surface area contributed by atoms with Gasteiger partial charge in [0.1, 0.15) is 5.83 Å². The highest BCUT2D eigenvalue weighted by atomic mass is 19.1. The first-order chi connectivity index (χ1) is 14.6. The van der Waals surface area contributed by atoms with Crippen molar-refractivity contribution in [3.63, 3.8) is 0 Å². The Morgan fingerprint density at radius 3 is 2.55 bits per heavy atom. The third-order valence-electron chi connectivity index (χ3n) is 6.46. The third kappa shape index (κ3) is 6.89. The van der Waals surface area contributed by atoms with Gasteiger partial charge in [-0.05, 0) is 50.8 Å². The number of hydrogen-bond acceptors (Lipinski definition) is 5. The van der Waals surface area contributed by atoms with E-state index in [1.807, 2.05) is 7.05 Å². The SMILES string of the molecule is CCN(CCN(C)C(C)=O)C(C)CN(C)C1=CC(F)=C(C2CCC(=O)NC2=O)CCC1. The maximum Gasteiger partial charge on any atom is 0.233 e. The fraction of sp³-hybridized carbons (Fsp3) is 0.696. The van der Waals surface area contributed by atoms with Crippen LogP contribution in [0.1, 0.15) is 52.9 Å². The summed E-state index contributed by atoms with van der Waals surface area (Å²) >= 11 is 0. The van der Waals surface area contributed by atoms with Crippen LogP contribution in [0.15, 0.2) is 23.2 Å². The van der Waals surface area contributed by atoms with Crippen LogP contribution in [0.2, 0.25) is 0 Å². The Morgan fingerprint density at radius 2 is 1.94 bits per heavy atom. The maximum atomic E-state index is 15.1. The number of amides is 3. The molecule has 2 aliphatic rings. The van der Waals surface area contributed by atoms with Gasteiger partial charge >= 0.3 is 0 Å². The number of rotatable bonds is 9. The molecule has 0 aromatic rings. The topological polar surface area (TPSA) is 73.0 Å². The summed E-state index contributed by atoms with van der Waals surface area (Å²) in [7, 11) is 3.78. The van der Waals surface area contributed by atoms with Crippen LogP contribution in [0.5, 0.6) is 0 Å². The highest BCUT2D eigenvalue weighted by Crippen LogP contribution is 2.33. The molecule has 1 heterocycles. The summed E-state index contributed by atoms with van der Waals surface area (Å²) in [5.41, 5.74) is 1.44. The zero-order valence-electron chi connectivity index (χ0n) is 19.5. The van der Waals surface area contributed by atoms with Crippen LogP contribution < -0.4 is 5.32 Å². The van der Waals surface area contributed by atoms with Gasteiger partial charge in [-0.1, -0.05) is 6.92 Å². The van der Waals surface area contributed by atoms with E-state index in [2.05, 4.69) is 29.0 Å². The van der Waals surface area contributed by atoms with Crippen LogP contribution in [0, 0.1) is 5.92 Å². The van der Waals surface area contributed by atoms with E-state index in [-0.39, 0.29) is 36.0 Å². The zero-order chi connectivity index (χ0) is 23.1. The first-order valence-electron chi connectivity index (χ1n) is 11.2. The molecule has 0 radical (unpaired) electrons. The lowest BCUT2D eigenvalue weighted by atomic mass is 9.87. The molecule has 1 N–H and O–H groups in total. The number of nitrogens with zero attached hydrogens (tertiary/aromatic N) is 3. The van der Waals surface area contributed by atoms with Crippen LogP contribution in [0.3, 0.4) is 0 Å². The number of carbonyl (C=O) groups is 3. The van der Waals surface area contributed by atoms with E-state index in [9.17, 15) is 14.4 Å². The normalized spacial score (nSPS) is 20.9. The summed E-state index contributed by atoms with van der Waals surface area (Å²) < 4.78 is 15.1. The lowest BCUT2D eigenvalue weighted by Crippen LogP contribution is -2.44. The predicted octanol–water partition coefficient (Wildman–Crippen LogP) is 2.45. The molecule has 3 amide bonds. The van der Waals surface area contributed by atoms with Crippen molar-refractivity contribution in [3.05, 3.63) is 23.2 Å². The van der Waals surface area contributed by atoms with Crippen molar-refractivity contribution in [2.75, 3.05) is 40.3 Å². The molecule has 1 saturated heterocycles. The molecule has 0 bridgehead atoms. The number of carbonyl (C=O) groups excluding carboxylic acids is 3. The van der Waals surface area contributed by atoms with Gasteiger partial charge in [-0.15, -0.1) is 0 Å². The van der Waals surface area contributed by atoms with Crippen molar-refractivity contribution in [3.8, 4) is 0 Å². The number of allylic oxidation sites excluding steroid dienone is 3. The molecule has 31 heavy (non-hydrogen) atoms. The molecule has 7 nitrogen and oxygen atoms in total. The van der Waals surface area contributed by atoms with E-state index in [0.717, 1.165) is 38.2 Å². The molecule has 0 spiro atoms. The average molecular weight is 437 g/mol. The van der Waals surface area contributed by atoms with Crippen LogP contribution >= 0.6 is 0 Å². The number of halogens is 1. The Bertz CT molecular complexity index is 749. The number of likely N-dealkylation sites (N-methyl/N-ethyl adjacent to an activating group) is 3. The van der Waals surface area contributed by atoms with Gasteiger partial charge in [0.25, 0.3) is 0 Å². The molecule has 1 aliphatic heterocycles. The molecule has 174 valence electrons. The third-order valence-corrected chi connectivity index (χ3v) is 6.46. The molecule has 2 unspecified atom stereocenters. The fourth-order valence-corrected chi connectivity index (χ4v) is 4.31. The van der Waals surface area contributed by atoms with Gasteiger partial charge < -0.3 is 9.80 Å². The highest BCUT2D eigenvalue weighted by Gasteiger charge is 2.32. The molecular weight excluding hydrogens is 399 g/mol. The van der Waals surface area contributed by atoms with E-state index in [0.29, 0.717) is 25.0 Å². The minimum absolute atomic E-state index is 0.0542. The summed E-state index contributed by atoms with van der Waals surface area (Å²) in [4.78, 5) is 41.2. The van der Waals surface area contributed by atoms with Crippen molar-refractivity contribution < 1.29 is 18.8 Å². The Hall–Kier alpha value is -2.22. The second-order valence-electron chi connectivity index (χ2n) is 8.66. The van der Waals surface area contributed by atoms with Gasteiger partial charge in [0, 0.05) is 58.8 Å². The number of hydrogen-bond donors (Lipinski definition) is 1. The summed E-state index contributed by atoms with van der Waals surface area (Å²) in [5, 5.41) is 2.33. The Balaban J connectivity index is 2.04. The maximum absolute atomic E-state index is 15.1. The van der Waals surface area contributed by atoms with Crippen molar-refractivity contribution in [2.24, 2.45) is 5.92 Å². The lowest BCUT2D eigenvalue weighted by Gasteiger charge is -2.34. The highest BCUT2D eigenvalue weighted by molar-refractivity contribution is 5.99. The number of piperidine rings is 1. The largest absolute Gasteiger partial charge is 0.376 e. The molecule has 0 aromatic heterocycles. The van der Waals surface area contributed by atoms with E-state index >= 15 is 4.39 Å². The molecule has 1 fully saturated rings. The summed E-state index contributed by atoms with van der Waals surface area (Å²) in [6.07, 6.45) is 4.24. The molecular formula is C23H37FN4O3. The van der Waals surface area contributed by atoms with Gasteiger partial charge in [-0.3, -0.25) is 24.6 Å². The van der Waals surface area contributed by atoms with Crippen LogP contribution in [0.4, 0.5) is 4.39 Å². The number of nitrogens with one attached hydrogen (secondary N) is 1. The minimum atomic E-state index is -0.550. The monoisotopic (exact) mass is 436 g/mol. The standard InChI is InChI=1S/C23H37FN4O3/c1-6-28(13-12-26(4)17(3)29)16(2)15-27(5)18-8-7-9-19(21(24)14-18)20-10-11-22(30)25-23(20)31/h14,16,20H,6-13,15H2,1-5H3,(H,25,30,31). The second kappa shape index (κ2) is 11.4. The van der Waals surface area contributed by atoms with Gasteiger partial charge in [-0.25, -0.2) is 4.39 Å². The minimum Gasteiger partial charge on any atom is -0.376 e. The van der Waals surface area contributed by atoms with Crippen LogP contribution in [-0.4, -0.2) is 78.7 Å². The van der Waals surface area contributed by atoms with Gasteiger partial charge in [0.05, 0.1) is 5.92 Å². The van der Waals surface area contributed by atoms with Crippen molar-refractivity contribution in [1.82, 2.24) is 20.0 Å². The van der Waals surface area contributed by atoms with E-state index in [1.165, 1.54) is 0 Å². The van der Waals surface area contributed by atoms with Crippen LogP contribution in [0.25, 0.3) is 0 Å². The summed E-state index contributed by atoms with van der Waals surface area (Å²) in [5.74, 6) is -1.49. The van der Waals surface area contributed by atoms with Crippen molar-refractivity contribution in [1.29, 1.82) is 0 Å². The fourth-order valence-electron chi connectivity index (χ4n) is 4.31. The molecule has 2 rings (SSSR count). The van der Waals surface area contributed by atoms with Gasteiger partial charge in [0.15, 0.2) is 0 Å². The first-order valence-corrected chi connectivity index (χ1v) is 11.2. The second-order valence-corrected chi connectivity index (χ2v) is 8.66. The van der Waals surface area contributed by atoms with E-state index in [4.69, 9.17) is 0 Å². The molecule has 2 atom stereocenters. The van der Waals surface area contributed by atoms with Gasteiger partial charge in [-0.2, -0.15) is 0 Å². The van der Waals surface area contributed by atoms with Crippen LogP contribution in [-0.2, 0) is 14.4 Å². The van der Waals surface area contributed by atoms with E-state index in [1.54, 1.807) is 24.9 Å². The molecule has 0 aromatic carbocycles. The molecule has 8 heteroatoms. The summed E-state index contributed by atoms with van der Waals surface area (Å²) in [6, 6.07) is 0.237. The summed E-state index contributed by atoms with van der Waals surface area (Å²) in [6.45, 7) is 8.88. The quantitative estimate of drug-likeness (QED) is 0.562.